The summed E-state index contributed by atoms with van der Waals surface area (Å²) in [6, 6.07) is 61.1. The molecule has 0 radical (unpaired) electrons. The summed E-state index contributed by atoms with van der Waals surface area (Å²) in [7, 11) is 0. The van der Waals surface area contributed by atoms with Crippen LogP contribution in [0.1, 0.15) is 0 Å². The van der Waals surface area contributed by atoms with Gasteiger partial charge in [-0.05, 0) is 74.8 Å². The predicted octanol–water partition coefficient (Wildman–Crippen LogP) is 12.4. The summed E-state index contributed by atoms with van der Waals surface area (Å²) in [5.41, 5.74) is 9.17. The summed E-state index contributed by atoms with van der Waals surface area (Å²) in [6.45, 7) is 0. The van der Waals surface area contributed by atoms with Gasteiger partial charge in [0.15, 0.2) is 17.5 Å². The van der Waals surface area contributed by atoms with Crippen LogP contribution in [-0.4, -0.2) is 15.0 Å². The second-order valence-corrected chi connectivity index (χ2v) is 12.8. The molecule has 0 aliphatic rings. The van der Waals surface area contributed by atoms with Gasteiger partial charge in [-0.25, -0.2) is 15.0 Å². The van der Waals surface area contributed by atoms with Crippen LogP contribution in [0.3, 0.4) is 0 Å². The maximum absolute atomic E-state index is 6.54. The number of aromatic nitrogens is 3. The molecule has 0 N–H and O–H groups in total. The molecule has 0 unspecified atom stereocenters. The Labute approximate surface area is 294 Å². The van der Waals surface area contributed by atoms with Crippen LogP contribution in [0.5, 0.6) is 0 Å². The minimum absolute atomic E-state index is 0.615. The van der Waals surface area contributed by atoms with Crippen LogP contribution in [-0.2, 0) is 0 Å². The lowest BCUT2D eigenvalue weighted by atomic mass is 9.94. The Morgan fingerprint density at radius 1 is 0.314 bits per heavy atom. The first-order chi connectivity index (χ1) is 25.2. The third-order valence-corrected chi connectivity index (χ3v) is 9.70. The fourth-order valence-electron chi connectivity index (χ4n) is 7.13. The standard InChI is InChI=1S/C47H29N3O/c1-4-12-30(13-5-1)33-20-21-35-27-36(23-22-34(35)26-33)37-24-25-39-40(28-37)42(29-41-38-18-10-11-19-43(38)51-44(39)41)47-49-45(31-14-6-2-7-15-31)48-46(50-47)32-16-8-3-9-17-32/h1-29H. The van der Waals surface area contributed by atoms with Crippen molar-refractivity contribution in [1.29, 1.82) is 0 Å². The van der Waals surface area contributed by atoms with Gasteiger partial charge in [-0.3, -0.25) is 0 Å². The Kier molecular flexibility index (Phi) is 6.78. The lowest BCUT2D eigenvalue weighted by Gasteiger charge is -2.13. The van der Waals surface area contributed by atoms with E-state index in [0.717, 1.165) is 60.5 Å². The summed E-state index contributed by atoms with van der Waals surface area (Å²) in [4.78, 5) is 15.2. The number of hydrogen-bond acceptors (Lipinski definition) is 4. The maximum Gasteiger partial charge on any atom is 0.164 e. The smallest absolute Gasteiger partial charge is 0.164 e. The molecule has 10 rings (SSSR count). The molecule has 0 saturated carbocycles. The van der Waals surface area contributed by atoms with Crippen LogP contribution >= 0.6 is 0 Å². The minimum atomic E-state index is 0.615. The monoisotopic (exact) mass is 651 g/mol. The first-order valence-electron chi connectivity index (χ1n) is 17.1. The predicted molar refractivity (Wildman–Crippen MR) is 209 cm³/mol. The zero-order chi connectivity index (χ0) is 33.7. The summed E-state index contributed by atoms with van der Waals surface area (Å²) < 4.78 is 6.54. The maximum atomic E-state index is 6.54. The van der Waals surface area contributed by atoms with Gasteiger partial charge in [-0.1, -0.05) is 140 Å². The van der Waals surface area contributed by atoms with Gasteiger partial charge in [0.25, 0.3) is 0 Å². The van der Waals surface area contributed by atoms with Gasteiger partial charge in [-0.2, -0.15) is 0 Å². The number of rotatable bonds is 5. The average molecular weight is 652 g/mol. The largest absolute Gasteiger partial charge is 0.455 e. The minimum Gasteiger partial charge on any atom is -0.455 e. The number of fused-ring (bicyclic) bond motifs is 6. The molecule has 10 aromatic rings. The van der Waals surface area contributed by atoms with Crippen molar-refractivity contribution in [2.24, 2.45) is 0 Å². The zero-order valence-electron chi connectivity index (χ0n) is 27.5. The summed E-state index contributed by atoms with van der Waals surface area (Å²) >= 11 is 0. The number of nitrogens with zero attached hydrogens (tertiary/aromatic N) is 3. The molecule has 2 heterocycles. The average Bonchev–Trinajstić information content (AvgIpc) is 3.59. The molecule has 0 bridgehead atoms. The molecule has 0 atom stereocenters. The molecule has 8 aromatic carbocycles. The van der Waals surface area contributed by atoms with Crippen molar-refractivity contribution in [3.05, 3.63) is 176 Å². The highest BCUT2D eigenvalue weighted by Crippen LogP contribution is 2.41. The summed E-state index contributed by atoms with van der Waals surface area (Å²) in [5, 5.41) is 6.52. The normalized spacial score (nSPS) is 11.5. The van der Waals surface area contributed by atoms with Crippen molar-refractivity contribution in [3.8, 4) is 56.4 Å². The fourth-order valence-corrected chi connectivity index (χ4v) is 7.13. The number of furan rings is 1. The Morgan fingerprint density at radius 2 is 0.824 bits per heavy atom. The second kappa shape index (κ2) is 11.9. The van der Waals surface area contributed by atoms with Crippen LogP contribution in [0.15, 0.2) is 180 Å². The molecule has 0 amide bonds. The molecular formula is C47H29N3O. The first-order valence-corrected chi connectivity index (χ1v) is 17.1. The van der Waals surface area contributed by atoms with Gasteiger partial charge in [0.05, 0.1) is 0 Å². The molecule has 4 heteroatoms. The highest BCUT2D eigenvalue weighted by Gasteiger charge is 2.19. The number of hydrogen-bond donors (Lipinski definition) is 0. The van der Waals surface area contributed by atoms with E-state index in [9.17, 15) is 0 Å². The molecule has 51 heavy (non-hydrogen) atoms. The van der Waals surface area contributed by atoms with Crippen LogP contribution < -0.4 is 0 Å². The van der Waals surface area contributed by atoms with E-state index in [-0.39, 0.29) is 0 Å². The van der Waals surface area contributed by atoms with Crippen LogP contribution in [0, 0.1) is 0 Å². The molecule has 0 fully saturated rings. The summed E-state index contributed by atoms with van der Waals surface area (Å²) in [6.07, 6.45) is 0. The van der Waals surface area contributed by atoms with Gasteiger partial charge in [0, 0.05) is 32.8 Å². The highest BCUT2D eigenvalue weighted by atomic mass is 16.3. The zero-order valence-corrected chi connectivity index (χ0v) is 27.5. The van der Waals surface area contributed by atoms with Gasteiger partial charge >= 0.3 is 0 Å². The van der Waals surface area contributed by atoms with Gasteiger partial charge < -0.3 is 4.42 Å². The molecular weight excluding hydrogens is 623 g/mol. The molecule has 2 aromatic heterocycles. The molecule has 238 valence electrons. The van der Waals surface area contributed by atoms with E-state index >= 15 is 0 Å². The Hall–Kier alpha value is -6.91. The lowest BCUT2D eigenvalue weighted by molar-refractivity contribution is 0.672. The molecule has 0 saturated heterocycles. The second-order valence-electron chi connectivity index (χ2n) is 12.8. The summed E-state index contributed by atoms with van der Waals surface area (Å²) in [5.74, 6) is 1.87. The van der Waals surface area contributed by atoms with E-state index in [4.69, 9.17) is 19.4 Å². The van der Waals surface area contributed by atoms with E-state index in [1.807, 2.05) is 72.8 Å². The van der Waals surface area contributed by atoms with Crippen molar-refractivity contribution in [2.45, 2.75) is 0 Å². The van der Waals surface area contributed by atoms with Crippen molar-refractivity contribution < 1.29 is 4.42 Å². The van der Waals surface area contributed by atoms with Crippen LogP contribution in [0.2, 0.25) is 0 Å². The van der Waals surface area contributed by atoms with Gasteiger partial charge in [0.1, 0.15) is 11.2 Å². The van der Waals surface area contributed by atoms with E-state index in [1.165, 1.54) is 21.9 Å². The third kappa shape index (κ3) is 5.13. The van der Waals surface area contributed by atoms with Crippen molar-refractivity contribution in [1.82, 2.24) is 15.0 Å². The van der Waals surface area contributed by atoms with Crippen LogP contribution in [0.25, 0.3) is 99.9 Å². The van der Waals surface area contributed by atoms with E-state index in [2.05, 4.69) is 103 Å². The fraction of sp³-hybridized carbons (Fsp3) is 0. The molecule has 0 aliphatic heterocycles. The first kappa shape index (κ1) is 29.0. The van der Waals surface area contributed by atoms with E-state index in [0.29, 0.717) is 17.5 Å². The van der Waals surface area contributed by atoms with Gasteiger partial charge in [0.2, 0.25) is 0 Å². The van der Waals surface area contributed by atoms with Crippen molar-refractivity contribution in [2.75, 3.05) is 0 Å². The number of benzene rings is 8. The van der Waals surface area contributed by atoms with Crippen molar-refractivity contribution >= 4 is 43.5 Å². The molecule has 0 aliphatic carbocycles. The number of para-hydroxylation sites is 1. The van der Waals surface area contributed by atoms with Gasteiger partial charge in [-0.15, -0.1) is 0 Å². The SMILES string of the molecule is c1ccc(-c2ccc3cc(-c4ccc5c(c4)c(-c4nc(-c6ccccc6)nc(-c6ccccc6)n4)cc4c6ccccc6oc54)ccc3c2)cc1. The third-order valence-electron chi connectivity index (χ3n) is 9.70. The van der Waals surface area contributed by atoms with E-state index < -0.39 is 0 Å². The molecule has 0 spiro atoms. The van der Waals surface area contributed by atoms with Crippen molar-refractivity contribution in [3.63, 3.8) is 0 Å². The Morgan fingerprint density at radius 3 is 1.47 bits per heavy atom. The topological polar surface area (TPSA) is 51.8 Å². The Bertz CT molecular complexity index is 2840. The lowest BCUT2D eigenvalue weighted by Crippen LogP contribution is -2.00. The Balaban J connectivity index is 1.20. The van der Waals surface area contributed by atoms with Crippen LogP contribution in [0.4, 0.5) is 0 Å². The quantitative estimate of drug-likeness (QED) is 0.186. The highest BCUT2D eigenvalue weighted by molar-refractivity contribution is 6.19. The van der Waals surface area contributed by atoms with E-state index in [1.54, 1.807) is 0 Å². The molecule has 4 nitrogen and oxygen atoms in total.